The van der Waals surface area contributed by atoms with Crippen LogP contribution in [0.15, 0.2) is 22.7 Å². The first-order chi connectivity index (χ1) is 14.4. The first-order valence-electron chi connectivity index (χ1n) is 10.7. The number of hydrogen-bond donors (Lipinski definition) is 1. The molecule has 5 nitrogen and oxygen atoms in total. The van der Waals surface area contributed by atoms with E-state index in [0.717, 1.165) is 62.7 Å². The maximum absolute atomic E-state index is 11.7. The van der Waals surface area contributed by atoms with Crippen LogP contribution in [0.4, 0.5) is 0 Å². The van der Waals surface area contributed by atoms with E-state index in [4.69, 9.17) is 32.5 Å². The molecule has 4 fully saturated rings. The van der Waals surface area contributed by atoms with Crippen LogP contribution in [0.5, 0.6) is 0 Å². The Labute approximate surface area is 185 Å². The zero-order chi connectivity index (χ0) is 20.9. The predicted molar refractivity (Wildman–Crippen MR) is 114 cm³/mol. The third-order valence-corrected chi connectivity index (χ3v) is 8.11. The molecule has 4 aliphatic carbocycles. The van der Waals surface area contributed by atoms with Gasteiger partial charge in [0.2, 0.25) is 0 Å². The molecule has 4 aliphatic rings. The van der Waals surface area contributed by atoms with Gasteiger partial charge in [0.15, 0.2) is 0 Å². The van der Waals surface area contributed by atoms with Crippen molar-refractivity contribution in [2.45, 2.75) is 63.9 Å². The first kappa shape index (κ1) is 20.3. The highest BCUT2D eigenvalue weighted by atomic mass is 35.5. The molecule has 0 atom stereocenters. The highest BCUT2D eigenvalue weighted by Crippen LogP contribution is 2.57. The van der Waals surface area contributed by atoms with Crippen molar-refractivity contribution in [3.05, 3.63) is 39.6 Å². The van der Waals surface area contributed by atoms with Crippen LogP contribution in [0.25, 0.3) is 11.3 Å². The monoisotopic (exact) mass is 449 g/mol. The van der Waals surface area contributed by atoms with E-state index in [1.165, 1.54) is 0 Å². The molecule has 7 heteroatoms. The number of rotatable bonds is 7. The van der Waals surface area contributed by atoms with Gasteiger partial charge >= 0.3 is 5.97 Å². The van der Waals surface area contributed by atoms with Crippen molar-refractivity contribution in [3.63, 3.8) is 0 Å². The summed E-state index contributed by atoms with van der Waals surface area (Å²) in [5, 5.41) is 15.0. The fourth-order valence-electron chi connectivity index (χ4n) is 5.22. The molecular weight excluding hydrogens is 425 g/mol. The largest absolute Gasteiger partial charge is 0.481 e. The predicted octanol–water partition coefficient (Wildman–Crippen LogP) is 6.47. The number of halogens is 2. The summed E-state index contributed by atoms with van der Waals surface area (Å²) in [6, 6.07) is 5.42. The Balaban J connectivity index is 1.34. The third kappa shape index (κ3) is 3.45. The highest BCUT2D eigenvalue weighted by molar-refractivity contribution is 6.39. The lowest BCUT2D eigenvalue weighted by Crippen LogP contribution is -2.47. The molecule has 0 aliphatic heterocycles. The maximum atomic E-state index is 11.7. The van der Waals surface area contributed by atoms with Crippen LogP contribution in [0.2, 0.25) is 10.0 Å². The van der Waals surface area contributed by atoms with Crippen molar-refractivity contribution < 1.29 is 19.2 Å². The molecule has 0 unspecified atom stereocenters. The molecule has 6 rings (SSSR count). The summed E-state index contributed by atoms with van der Waals surface area (Å²) in [7, 11) is 0. The summed E-state index contributed by atoms with van der Waals surface area (Å²) in [5.74, 6) is 0.650. The maximum Gasteiger partial charge on any atom is 0.309 e. The zero-order valence-electron chi connectivity index (χ0n) is 16.8. The number of benzene rings is 1. The lowest BCUT2D eigenvalue weighted by molar-refractivity contribution is -0.161. The molecule has 160 valence electrons. The molecule has 4 saturated carbocycles. The Morgan fingerprint density at radius 3 is 2.33 bits per heavy atom. The van der Waals surface area contributed by atoms with Gasteiger partial charge in [-0.3, -0.25) is 4.79 Å². The van der Waals surface area contributed by atoms with Gasteiger partial charge in [-0.2, -0.15) is 0 Å². The fraction of sp³-hybridized carbons (Fsp3) is 0.565. The van der Waals surface area contributed by atoms with E-state index in [9.17, 15) is 9.90 Å². The minimum absolute atomic E-state index is 0.0936. The molecule has 2 bridgehead atoms. The molecule has 1 aromatic heterocycles. The lowest BCUT2D eigenvalue weighted by atomic mass is 9.54. The SMILES string of the molecule is O=C(O)C12CCC(COCc3c(-c4c(Cl)cccc4Cl)noc3C3CC3)(CC1)CC2. The number of nitrogens with zero attached hydrogens (tertiary/aromatic N) is 1. The number of carboxylic acids is 1. The number of hydrogen-bond acceptors (Lipinski definition) is 4. The van der Waals surface area contributed by atoms with Gasteiger partial charge in [0.1, 0.15) is 11.5 Å². The molecule has 1 N–H and O–H groups in total. The van der Waals surface area contributed by atoms with Crippen LogP contribution in [0, 0.1) is 10.8 Å². The second-order valence-electron chi connectivity index (χ2n) is 9.32. The number of carboxylic acid groups (broad SMARTS) is 1. The van der Waals surface area contributed by atoms with Crippen molar-refractivity contribution in [2.75, 3.05) is 6.61 Å². The van der Waals surface area contributed by atoms with Gasteiger partial charge in [0.25, 0.3) is 0 Å². The van der Waals surface area contributed by atoms with Gasteiger partial charge in [-0.05, 0) is 68.9 Å². The molecule has 0 radical (unpaired) electrons. The van der Waals surface area contributed by atoms with Crippen LogP contribution >= 0.6 is 23.2 Å². The lowest BCUT2D eigenvalue weighted by Gasteiger charge is -2.51. The Bertz CT molecular complexity index is 937. The molecule has 1 aromatic carbocycles. The van der Waals surface area contributed by atoms with Gasteiger partial charge in [-0.15, -0.1) is 0 Å². The second kappa shape index (κ2) is 7.54. The average Bonchev–Trinajstić information content (AvgIpc) is 3.51. The number of aromatic nitrogens is 1. The van der Waals surface area contributed by atoms with E-state index in [1.54, 1.807) is 12.1 Å². The van der Waals surface area contributed by atoms with E-state index < -0.39 is 11.4 Å². The van der Waals surface area contributed by atoms with Crippen LogP contribution in [-0.4, -0.2) is 22.8 Å². The normalized spacial score (nSPS) is 28.1. The molecule has 0 spiro atoms. The van der Waals surface area contributed by atoms with Gasteiger partial charge < -0.3 is 14.4 Å². The van der Waals surface area contributed by atoms with Crippen molar-refractivity contribution in [1.82, 2.24) is 5.16 Å². The van der Waals surface area contributed by atoms with E-state index in [0.29, 0.717) is 40.4 Å². The van der Waals surface area contributed by atoms with E-state index in [-0.39, 0.29) is 5.41 Å². The number of carbonyl (C=O) groups is 1. The van der Waals surface area contributed by atoms with Crippen LogP contribution in [0.1, 0.15) is 68.6 Å². The van der Waals surface area contributed by atoms with E-state index >= 15 is 0 Å². The molecular formula is C23H25Cl2NO4. The van der Waals surface area contributed by atoms with Crippen LogP contribution in [-0.2, 0) is 16.1 Å². The van der Waals surface area contributed by atoms with Crippen LogP contribution in [0.3, 0.4) is 0 Å². The zero-order valence-corrected chi connectivity index (χ0v) is 18.3. The summed E-state index contributed by atoms with van der Waals surface area (Å²) < 4.78 is 12.0. The summed E-state index contributed by atoms with van der Waals surface area (Å²) in [6.07, 6.45) is 7.22. The van der Waals surface area contributed by atoms with E-state index in [2.05, 4.69) is 5.16 Å². The Hall–Kier alpha value is -1.56. The standard InChI is InChI=1S/C23H25Cl2NO4/c24-16-2-1-3-17(25)18(16)19-15(20(30-26-19)14-4-5-14)12-29-13-22-6-9-23(10-7-22,11-8-22)21(27)28/h1-3,14H,4-13H2,(H,27,28). The van der Waals surface area contributed by atoms with Gasteiger partial charge in [0, 0.05) is 17.0 Å². The number of ether oxygens (including phenoxy) is 1. The van der Waals surface area contributed by atoms with E-state index in [1.807, 2.05) is 6.07 Å². The highest BCUT2D eigenvalue weighted by Gasteiger charge is 2.52. The molecule has 30 heavy (non-hydrogen) atoms. The van der Waals surface area contributed by atoms with Gasteiger partial charge in [-0.25, -0.2) is 0 Å². The molecule has 1 heterocycles. The first-order valence-corrected chi connectivity index (χ1v) is 11.4. The Kier molecular flexibility index (Phi) is 5.11. The summed E-state index contributed by atoms with van der Waals surface area (Å²) in [6.45, 7) is 1.03. The minimum atomic E-state index is -0.628. The summed E-state index contributed by atoms with van der Waals surface area (Å²) in [5.41, 5.74) is 1.90. The Morgan fingerprint density at radius 2 is 1.77 bits per heavy atom. The summed E-state index contributed by atoms with van der Waals surface area (Å²) in [4.78, 5) is 11.7. The van der Waals surface area contributed by atoms with Crippen molar-refractivity contribution in [1.29, 1.82) is 0 Å². The molecule has 0 amide bonds. The average molecular weight is 450 g/mol. The van der Waals surface area contributed by atoms with Gasteiger partial charge in [0.05, 0.1) is 28.7 Å². The quantitative estimate of drug-likeness (QED) is 0.524. The second-order valence-corrected chi connectivity index (χ2v) is 10.1. The Morgan fingerprint density at radius 1 is 1.13 bits per heavy atom. The van der Waals surface area contributed by atoms with Crippen molar-refractivity contribution in [3.8, 4) is 11.3 Å². The number of aliphatic carboxylic acids is 1. The van der Waals surface area contributed by atoms with Crippen LogP contribution < -0.4 is 0 Å². The number of fused-ring (bicyclic) bond motifs is 3. The molecule has 2 aromatic rings. The van der Waals surface area contributed by atoms with Crippen molar-refractivity contribution >= 4 is 29.2 Å². The third-order valence-electron chi connectivity index (χ3n) is 7.48. The topological polar surface area (TPSA) is 72.6 Å². The van der Waals surface area contributed by atoms with Crippen molar-refractivity contribution in [2.24, 2.45) is 10.8 Å². The molecule has 0 saturated heterocycles. The minimum Gasteiger partial charge on any atom is -0.481 e. The summed E-state index contributed by atoms with van der Waals surface area (Å²) >= 11 is 12.9. The van der Waals surface area contributed by atoms with Gasteiger partial charge in [-0.1, -0.05) is 34.4 Å². The smallest absolute Gasteiger partial charge is 0.309 e. The fourth-order valence-corrected chi connectivity index (χ4v) is 5.79.